The molecule has 2 aliphatic rings. The maximum Gasteiger partial charge on any atom is 0.255 e. The van der Waals surface area contributed by atoms with Gasteiger partial charge in [-0.15, -0.1) is 0 Å². The normalized spacial score (nSPS) is 19.8. The lowest BCUT2D eigenvalue weighted by atomic mass is 10.0. The second-order valence-corrected chi connectivity index (χ2v) is 6.45. The first kappa shape index (κ1) is 14.8. The summed E-state index contributed by atoms with van der Waals surface area (Å²) in [5.41, 5.74) is 0.391. The highest BCUT2D eigenvalue weighted by Gasteiger charge is 2.27. The topological polar surface area (TPSA) is 32.3 Å². The molecule has 0 atom stereocenters. The average molecular weight is 311 g/mol. The maximum absolute atomic E-state index is 13.0. The molecule has 114 valence electrons. The highest BCUT2D eigenvalue weighted by molar-refractivity contribution is 6.33. The summed E-state index contributed by atoms with van der Waals surface area (Å²) in [6.45, 7) is 2.58. The molecule has 3 nitrogen and oxygen atoms in total. The smallest absolute Gasteiger partial charge is 0.255 e. The van der Waals surface area contributed by atoms with Gasteiger partial charge in [0.2, 0.25) is 0 Å². The summed E-state index contributed by atoms with van der Waals surface area (Å²) in [6, 6.07) is 4.46. The zero-order chi connectivity index (χ0) is 14.8. The van der Waals surface area contributed by atoms with Gasteiger partial charge in [0.05, 0.1) is 10.6 Å². The van der Waals surface area contributed by atoms with E-state index in [4.69, 9.17) is 11.6 Å². The van der Waals surface area contributed by atoms with E-state index < -0.39 is 5.82 Å². The Balaban J connectivity index is 1.54. The Bertz CT molecular complexity index is 525. The zero-order valence-corrected chi connectivity index (χ0v) is 12.7. The predicted molar refractivity (Wildman–Crippen MR) is 81.1 cm³/mol. The molecular weight excluding hydrogens is 291 g/mol. The molecule has 1 amide bonds. The predicted octanol–water partition coefficient (Wildman–Crippen LogP) is 3.08. The Kier molecular flexibility index (Phi) is 4.45. The molecule has 0 radical (unpaired) electrons. The van der Waals surface area contributed by atoms with E-state index in [1.165, 1.54) is 31.0 Å². The van der Waals surface area contributed by atoms with Crippen LogP contribution in [-0.2, 0) is 0 Å². The third-order valence-corrected chi connectivity index (χ3v) is 4.65. The van der Waals surface area contributed by atoms with Gasteiger partial charge in [-0.3, -0.25) is 4.79 Å². The number of rotatable bonds is 4. The van der Waals surface area contributed by atoms with Crippen LogP contribution in [0.3, 0.4) is 0 Å². The molecule has 3 rings (SSSR count). The molecule has 0 unspecified atom stereocenters. The van der Waals surface area contributed by atoms with Crippen molar-refractivity contribution in [3.05, 3.63) is 34.6 Å². The highest BCUT2D eigenvalue weighted by Crippen LogP contribution is 2.28. The van der Waals surface area contributed by atoms with Crippen molar-refractivity contribution >= 4 is 17.5 Å². The molecule has 1 aromatic carbocycles. The van der Waals surface area contributed by atoms with E-state index >= 15 is 0 Å². The standard InChI is InChI=1S/C16H20ClFN2O/c17-15-9-12(18)3-4-14(15)16(21)20-7-5-13(6-8-20)19-10-11-1-2-11/h3-4,9,11,13,19H,1-2,5-8,10H2. The number of likely N-dealkylation sites (tertiary alicyclic amines) is 1. The fourth-order valence-electron chi connectivity index (χ4n) is 2.78. The van der Waals surface area contributed by atoms with E-state index in [1.54, 1.807) is 0 Å². The van der Waals surface area contributed by atoms with Crippen LogP contribution in [0.25, 0.3) is 0 Å². The van der Waals surface area contributed by atoms with Crippen LogP contribution in [0.15, 0.2) is 18.2 Å². The highest BCUT2D eigenvalue weighted by atomic mass is 35.5. The quantitative estimate of drug-likeness (QED) is 0.927. The molecule has 2 fully saturated rings. The molecule has 5 heteroatoms. The van der Waals surface area contributed by atoms with Crippen LogP contribution in [0, 0.1) is 11.7 Å². The van der Waals surface area contributed by atoms with Crippen molar-refractivity contribution in [2.75, 3.05) is 19.6 Å². The lowest BCUT2D eigenvalue weighted by molar-refractivity contribution is 0.0705. The first-order valence-corrected chi connectivity index (χ1v) is 7.99. The van der Waals surface area contributed by atoms with Crippen LogP contribution in [0.4, 0.5) is 4.39 Å². The molecule has 1 aliphatic carbocycles. The first-order valence-electron chi connectivity index (χ1n) is 7.61. The number of hydrogen-bond donors (Lipinski definition) is 1. The van der Waals surface area contributed by atoms with Crippen molar-refractivity contribution in [1.29, 1.82) is 0 Å². The van der Waals surface area contributed by atoms with Crippen LogP contribution in [-0.4, -0.2) is 36.5 Å². The number of carbonyl (C=O) groups is 1. The van der Waals surface area contributed by atoms with E-state index in [1.807, 2.05) is 4.90 Å². The lowest BCUT2D eigenvalue weighted by Crippen LogP contribution is -2.45. The van der Waals surface area contributed by atoms with Gasteiger partial charge in [-0.1, -0.05) is 11.6 Å². The summed E-state index contributed by atoms with van der Waals surface area (Å²) in [7, 11) is 0. The number of benzene rings is 1. The molecule has 1 saturated carbocycles. The Labute approximate surface area is 129 Å². The minimum Gasteiger partial charge on any atom is -0.338 e. The van der Waals surface area contributed by atoms with Gasteiger partial charge in [-0.25, -0.2) is 4.39 Å². The van der Waals surface area contributed by atoms with Crippen molar-refractivity contribution in [2.24, 2.45) is 5.92 Å². The monoisotopic (exact) mass is 310 g/mol. The number of nitrogens with one attached hydrogen (secondary N) is 1. The maximum atomic E-state index is 13.0. The van der Waals surface area contributed by atoms with Crippen molar-refractivity contribution in [2.45, 2.75) is 31.7 Å². The number of amides is 1. The number of halogens is 2. The first-order chi connectivity index (χ1) is 10.1. The summed E-state index contributed by atoms with van der Waals surface area (Å²) >= 11 is 5.96. The molecule has 1 aliphatic heterocycles. The van der Waals surface area contributed by atoms with Gasteiger partial charge < -0.3 is 10.2 Å². The van der Waals surface area contributed by atoms with E-state index in [9.17, 15) is 9.18 Å². The fourth-order valence-corrected chi connectivity index (χ4v) is 3.02. The van der Waals surface area contributed by atoms with Crippen molar-refractivity contribution in [3.8, 4) is 0 Å². The summed E-state index contributed by atoms with van der Waals surface area (Å²) in [4.78, 5) is 14.2. The van der Waals surface area contributed by atoms with Crippen LogP contribution in [0.5, 0.6) is 0 Å². The summed E-state index contributed by atoms with van der Waals surface area (Å²) < 4.78 is 13.0. The molecule has 1 aromatic rings. The Morgan fingerprint density at radius 1 is 1.29 bits per heavy atom. The number of piperidine rings is 1. The molecule has 1 N–H and O–H groups in total. The van der Waals surface area contributed by atoms with Crippen LogP contribution < -0.4 is 5.32 Å². The molecular formula is C16H20ClFN2O. The largest absolute Gasteiger partial charge is 0.338 e. The van der Waals surface area contributed by atoms with Gasteiger partial charge in [0.25, 0.3) is 5.91 Å². The van der Waals surface area contributed by atoms with Gasteiger partial charge in [0.1, 0.15) is 5.82 Å². The number of carbonyl (C=O) groups excluding carboxylic acids is 1. The van der Waals surface area contributed by atoms with Crippen LogP contribution in [0.1, 0.15) is 36.0 Å². The minimum absolute atomic E-state index is 0.0966. The van der Waals surface area contributed by atoms with Crippen LogP contribution in [0.2, 0.25) is 5.02 Å². The summed E-state index contributed by atoms with van der Waals surface area (Å²) in [5.74, 6) is 0.364. The van der Waals surface area contributed by atoms with E-state index in [2.05, 4.69) is 5.32 Å². The Hall–Kier alpha value is -1.13. The Morgan fingerprint density at radius 2 is 2.00 bits per heavy atom. The second-order valence-electron chi connectivity index (χ2n) is 6.04. The SMILES string of the molecule is O=C(c1ccc(F)cc1Cl)N1CCC(NCC2CC2)CC1. The zero-order valence-electron chi connectivity index (χ0n) is 11.9. The summed E-state index contributed by atoms with van der Waals surface area (Å²) in [6.07, 6.45) is 4.65. The molecule has 1 heterocycles. The van der Waals surface area contributed by atoms with Crippen molar-refractivity contribution < 1.29 is 9.18 Å². The molecule has 0 spiro atoms. The lowest BCUT2D eigenvalue weighted by Gasteiger charge is -2.32. The number of hydrogen-bond acceptors (Lipinski definition) is 2. The van der Waals surface area contributed by atoms with Crippen molar-refractivity contribution in [3.63, 3.8) is 0 Å². The molecule has 21 heavy (non-hydrogen) atoms. The minimum atomic E-state index is -0.417. The van der Waals surface area contributed by atoms with Gasteiger partial charge in [0.15, 0.2) is 0 Å². The van der Waals surface area contributed by atoms with E-state index in [-0.39, 0.29) is 10.9 Å². The van der Waals surface area contributed by atoms with Crippen LogP contribution >= 0.6 is 11.6 Å². The third-order valence-electron chi connectivity index (χ3n) is 4.34. The average Bonchev–Trinajstić information content (AvgIpc) is 3.29. The van der Waals surface area contributed by atoms with Crippen molar-refractivity contribution in [1.82, 2.24) is 10.2 Å². The van der Waals surface area contributed by atoms with Gasteiger partial charge in [0, 0.05) is 19.1 Å². The van der Waals surface area contributed by atoms with E-state index in [0.717, 1.165) is 38.4 Å². The van der Waals surface area contributed by atoms with Gasteiger partial charge in [-0.05, 0) is 56.3 Å². The van der Waals surface area contributed by atoms with Gasteiger partial charge in [-0.2, -0.15) is 0 Å². The molecule has 0 bridgehead atoms. The molecule has 1 saturated heterocycles. The van der Waals surface area contributed by atoms with E-state index in [0.29, 0.717) is 11.6 Å². The summed E-state index contributed by atoms with van der Waals surface area (Å²) in [5, 5.41) is 3.78. The number of nitrogens with zero attached hydrogens (tertiary/aromatic N) is 1. The second kappa shape index (κ2) is 6.32. The molecule has 0 aromatic heterocycles. The van der Waals surface area contributed by atoms with Gasteiger partial charge >= 0.3 is 0 Å². The fraction of sp³-hybridized carbons (Fsp3) is 0.562. The Morgan fingerprint density at radius 3 is 2.62 bits per heavy atom. The third kappa shape index (κ3) is 3.74.